The normalized spacial score (nSPS) is 22.4. The summed E-state index contributed by atoms with van der Waals surface area (Å²) < 4.78 is 0. The summed E-state index contributed by atoms with van der Waals surface area (Å²) in [6.45, 7) is 5.70. The lowest BCUT2D eigenvalue weighted by molar-refractivity contribution is -0.144. The van der Waals surface area contributed by atoms with E-state index < -0.39 is 23.6 Å². The molecule has 2 atom stereocenters. The number of carbonyl (C=O) groups is 3. The monoisotopic (exact) mass is 271 g/mol. The van der Waals surface area contributed by atoms with Gasteiger partial charge in [-0.2, -0.15) is 0 Å². The van der Waals surface area contributed by atoms with E-state index >= 15 is 0 Å². The molecule has 1 aliphatic heterocycles. The predicted molar refractivity (Wildman–Crippen MR) is 68.7 cm³/mol. The molecule has 7 heteroatoms. The Balaban J connectivity index is 2.77. The first-order chi connectivity index (χ1) is 8.81. The molecule has 1 saturated heterocycles. The Kier molecular flexibility index (Phi) is 4.74. The van der Waals surface area contributed by atoms with E-state index in [1.807, 2.05) is 6.92 Å². The molecule has 0 radical (unpaired) electrons. The number of rotatable bonds is 4. The lowest BCUT2D eigenvalue weighted by Crippen LogP contribution is -2.62. The van der Waals surface area contributed by atoms with Crippen molar-refractivity contribution in [3.8, 4) is 0 Å². The van der Waals surface area contributed by atoms with Crippen LogP contribution in [-0.2, 0) is 9.59 Å². The number of amides is 3. The first kappa shape index (κ1) is 15.3. The molecule has 0 spiro atoms. The van der Waals surface area contributed by atoms with Crippen molar-refractivity contribution in [2.24, 2.45) is 0 Å². The van der Waals surface area contributed by atoms with Crippen molar-refractivity contribution in [3.05, 3.63) is 0 Å². The molecule has 2 unspecified atom stereocenters. The van der Waals surface area contributed by atoms with Gasteiger partial charge >= 0.3 is 12.0 Å². The number of hydrogen-bond donors (Lipinski definition) is 3. The quantitative estimate of drug-likeness (QED) is 0.678. The third-order valence-corrected chi connectivity index (χ3v) is 3.36. The average Bonchev–Trinajstić information content (AvgIpc) is 2.32. The fourth-order valence-corrected chi connectivity index (χ4v) is 2.09. The minimum Gasteiger partial charge on any atom is -0.480 e. The van der Waals surface area contributed by atoms with Crippen molar-refractivity contribution < 1.29 is 19.5 Å². The second kappa shape index (κ2) is 5.90. The summed E-state index contributed by atoms with van der Waals surface area (Å²) in [5.41, 5.74) is -1.31. The molecule has 19 heavy (non-hydrogen) atoms. The van der Waals surface area contributed by atoms with Gasteiger partial charge in [0.1, 0.15) is 11.6 Å². The number of hydrogen-bond acceptors (Lipinski definition) is 3. The molecule has 0 aromatic carbocycles. The van der Waals surface area contributed by atoms with Crippen molar-refractivity contribution in [2.75, 3.05) is 13.1 Å². The number of nitrogens with one attached hydrogen (secondary N) is 2. The second-order valence-electron chi connectivity index (χ2n) is 4.98. The Morgan fingerprint density at radius 1 is 1.58 bits per heavy atom. The molecule has 0 aromatic rings. The summed E-state index contributed by atoms with van der Waals surface area (Å²) in [5, 5.41) is 14.4. The van der Waals surface area contributed by atoms with Crippen LogP contribution in [-0.4, -0.2) is 52.6 Å². The summed E-state index contributed by atoms with van der Waals surface area (Å²) in [5.74, 6) is -1.30. The van der Waals surface area contributed by atoms with Gasteiger partial charge in [-0.05, 0) is 20.3 Å². The number of carboxylic acid groups (broad SMARTS) is 1. The molecule has 0 bridgehead atoms. The van der Waals surface area contributed by atoms with E-state index in [4.69, 9.17) is 0 Å². The summed E-state index contributed by atoms with van der Waals surface area (Å²) in [4.78, 5) is 36.2. The summed E-state index contributed by atoms with van der Waals surface area (Å²) in [7, 11) is 0. The molecule has 0 aliphatic carbocycles. The van der Waals surface area contributed by atoms with E-state index in [1.165, 1.54) is 11.8 Å². The van der Waals surface area contributed by atoms with Crippen LogP contribution in [0.1, 0.15) is 33.6 Å². The highest BCUT2D eigenvalue weighted by Crippen LogP contribution is 2.14. The van der Waals surface area contributed by atoms with E-state index in [0.29, 0.717) is 25.9 Å². The van der Waals surface area contributed by atoms with Crippen molar-refractivity contribution >= 4 is 17.9 Å². The first-order valence-electron chi connectivity index (χ1n) is 6.41. The van der Waals surface area contributed by atoms with Gasteiger partial charge in [-0.25, -0.2) is 9.59 Å². The van der Waals surface area contributed by atoms with Crippen molar-refractivity contribution in [1.29, 1.82) is 0 Å². The highest BCUT2D eigenvalue weighted by atomic mass is 16.4. The SMILES string of the molecule is CCCC(C)(NC(=O)N1CCNC(=O)C1C)C(=O)O. The van der Waals surface area contributed by atoms with Crippen LogP contribution in [0, 0.1) is 0 Å². The van der Waals surface area contributed by atoms with E-state index in [1.54, 1.807) is 6.92 Å². The number of carboxylic acids is 1. The molecule has 108 valence electrons. The molecule has 1 aliphatic rings. The summed E-state index contributed by atoms with van der Waals surface area (Å²) >= 11 is 0. The average molecular weight is 271 g/mol. The standard InChI is InChI=1S/C12H21N3O4/c1-4-5-12(3,10(17)18)14-11(19)15-7-6-13-9(16)8(15)2/h8H,4-7H2,1-3H3,(H,13,16)(H,14,19)(H,17,18). The molecule has 7 nitrogen and oxygen atoms in total. The second-order valence-corrected chi connectivity index (χ2v) is 4.98. The Hall–Kier alpha value is -1.79. The number of piperazine rings is 1. The molecule has 3 N–H and O–H groups in total. The van der Waals surface area contributed by atoms with E-state index in [0.717, 1.165) is 0 Å². The zero-order valence-corrected chi connectivity index (χ0v) is 11.5. The molecular weight excluding hydrogens is 250 g/mol. The van der Waals surface area contributed by atoms with E-state index in [2.05, 4.69) is 10.6 Å². The molecule has 1 rings (SSSR count). The predicted octanol–water partition coefficient (Wildman–Crippen LogP) is 0.160. The Bertz CT molecular complexity index is 385. The van der Waals surface area contributed by atoms with Crippen LogP contribution in [0.5, 0.6) is 0 Å². The van der Waals surface area contributed by atoms with Crippen molar-refractivity contribution in [2.45, 2.75) is 45.2 Å². The third-order valence-electron chi connectivity index (χ3n) is 3.36. The van der Waals surface area contributed by atoms with E-state index in [-0.39, 0.29) is 5.91 Å². The summed E-state index contributed by atoms with van der Waals surface area (Å²) in [6, 6.07) is -1.10. The molecule has 0 saturated carbocycles. The summed E-state index contributed by atoms with van der Waals surface area (Å²) in [6.07, 6.45) is 0.974. The van der Waals surface area contributed by atoms with Gasteiger partial charge in [-0.15, -0.1) is 0 Å². The first-order valence-corrected chi connectivity index (χ1v) is 6.41. The van der Waals surface area contributed by atoms with Crippen molar-refractivity contribution in [1.82, 2.24) is 15.5 Å². The maximum absolute atomic E-state index is 12.1. The van der Waals surface area contributed by atoms with Gasteiger partial charge in [0.25, 0.3) is 0 Å². The number of nitrogens with zero attached hydrogens (tertiary/aromatic N) is 1. The fraction of sp³-hybridized carbons (Fsp3) is 0.750. The van der Waals surface area contributed by atoms with Crippen LogP contribution in [0.25, 0.3) is 0 Å². The van der Waals surface area contributed by atoms with Crippen LogP contribution >= 0.6 is 0 Å². The van der Waals surface area contributed by atoms with Crippen LogP contribution in [0.4, 0.5) is 4.79 Å². The van der Waals surface area contributed by atoms with Gasteiger partial charge in [-0.1, -0.05) is 13.3 Å². The Morgan fingerprint density at radius 3 is 2.74 bits per heavy atom. The van der Waals surface area contributed by atoms with Crippen LogP contribution in [0.15, 0.2) is 0 Å². The van der Waals surface area contributed by atoms with Gasteiger partial charge in [0, 0.05) is 13.1 Å². The van der Waals surface area contributed by atoms with Crippen LogP contribution in [0.2, 0.25) is 0 Å². The van der Waals surface area contributed by atoms with E-state index in [9.17, 15) is 19.5 Å². The maximum atomic E-state index is 12.1. The number of urea groups is 1. The Labute approximate surface area is 112 Å². The molecule has 3 amide bonds. The van der Waals surface area contributed by atoms with Gasteiger partial charge in [0.05, 0.1) is 0 Å². The van der Waals surface area contributed by atoms with Crippen LogP contribution in [0.3, 0.4) is 0 Å². The number of aliphatic carboxylic acids is 1. The third kappa shape index (κ3) is 3.36. The number of carbonyl (C=O) groups excluding carboxylic acids is 2. The topological polar surface area (TPSA) is 98.7 Å². The van der Waals surface area contributed by atoms with Crippen molar-refractivity contribution in [3.63, 3.8) is 0 Å². The smallest absolute Gasteiger partial charge is 0.329 e. The minimum atomic E-state index is -1.31. The lowest BCUT2D eigenvalue weighted by atomic mass is 9.96. The van der Waals surface area contributed by atoms with Gasteiger partial charge in [0.2, 0.25) is 5.91 Å². The van der Waals surface area contributed by atoms with Crippen LogP contribution < -0.4 is 10.6 Å². The van der Waals surface area contributed by atoms with Gasteiger partial charge in [0.15, 0.2) is 0 Å². The lowest BCUT2D eigenvalue weighted by Gasteiger charge is -2.36. The highest BCUT2D eigenvalue weighted by Gasteiger charge is 2.37. The largest absolute Gasteiger partial charge is 0.480 e. The zero-order valence-electron chi connectivity index (χ0n) is 11.5. The molecule has 0 aromatic heterocycles. The Morgan fingerprint density at radius 2 is 2.21 bits per heavy atom. The molecule has 1 fully saturated rings. The maximum Gasteiger partial charge on any atom is 0.329 e. The van der Waals surface area contributed by atoms with Gasteiger partial charge < -0.3 is 20.6 Å². The highest BCUT2D eigenvalue weighted by molar-refractivity contribution is 5.90. The van der Waals surface area contributed by atoms with Gasteiger partial charge in [-0.3, -0.25) is 4.79 Å². The molecular formula is C12H21N3O4. The molecule has 1 heterocycles. The zero-order chi connectivity index (χ0) is 14.6. The fourth-order valence-electron chi connectivity index (χ4n) is 2.09. The minimum absolute atomic E-state index is 0.228.